The fraction of sp³-hybridized carbons (Fsp3) is 0.417. The van der Waals surface area contributed by atoms with Crippen molar-refractivity contribution in [1.29, 1.82) is 0 Å². The molecule has 0 bridgehead atoms. The zero-order valence-electron chi connectivity index (χ0n) is 10.6. The second-order valence-corrected chi connectivity index (χ2v) is 5.94. The smallest absolute Gasteiger partial charge is 0.237 e. The van der Waals surface area contributed by atoms with Gasteiger partial charge in [-0.3, -0.25) is 9.00 Å². The van der Waals surface area contributed by atoms with Gasteiger partial charge in [-0.15, -0.1) is 0 Å². The maximum Gasteiger partial charge on any atom is 0.237 e. The average Bonchev–Trinajstić information content (AvgIpc) is 2.29. The number of amides is 1. The third kappa shape index (κ3) is 3.06. The van der Waals surface area contributed by atoms with E-state index < -0.39 is 16.0 Å². The predicted molar refractivity (Wildman–Crippen MR) is 70.2 cm³/mol. The number of hydrogen-bond acceptors (Lipinski definition) is 3. The van der Waals surface area contributed by atoms with Gasteiger partial charge in [0.2, 0.25) is 5.91 Å². The second-order valence-electron chi connectivity index (χ2n) is 4.20. The molecule has 1 aromatic carbocycles. The molecule has 5 heteroatoms. The van der Waals surface area contributed by atoms with E-state index in [4.69, 9.17) is 5.73 Å². The summed E-state index contributed by atoms with van der Waals surface area (Å²) in [6.07, 6.45) is 0. The maximum atomic E-state index is 12.3. The lowest BCUT2D eigenvalue weighted by molar-refractivity contribution is -0.127. The Kier molecular flexibility index (Phi) is 4.28. The molecule has 0 spiro atoms. The second kappa shape index (κ2) is 5.31. The van der Waals surface area contributed by atoms with Crippen molar-refractivity contribution in [2.24, 2.45) is 0 Å². The van der Waals surface area contributed by atoms with Crippen molar-refractivity contribution in [2.75, 3.05) is 19.8 Å². The largest absolute Gasteiger partial charge is 0.399 e. The highest BCUT2D eigenvalue weighted by atomic mass is 32.2. The molecule has 0 heterocycles. The van der Waals surface area contributed by atoms with Crippen LogP contribution in [0.3, 0.4) is 0 Å². The summed E-state index contributed by atoms with van der Waals surface area (Å²) >= 11 is 0. The van der Waals surface area contributed by atoms with E-state index in [-0.39, 0.29) is 5.91 Å². The number of hydrogen-bond donors (Lipinski definition) is 1. The number of aryl methyl sites for hydroxylation is 1. The molecule has 0 aliphatic carbocycles. The van der Waals surface area contributed by atoms with Gasteiger partial charge in [0.05, 0.1) is 10.8 Å². The van der Waals surface area contributed by atoms with Crippen LogP contribution in [0.25, 0.3) is 0 Å². The highest BCUT2D eigenvalue weighted by Crippen LogP contribution is 2.20. The lowest BCUT2D eigenvalue weighted by Crippen LogP contribution is -2.34. The maximum absolute atomic E-state index is 12.3. The van der Waals surface area contributed by atoms with Gasteiger partial charge in [-0.25, -0.2) is 0 Å². The van der Waals surface area contributed by atoms with Gasteiger partial charge in [-0.05, 0) is 31.5 Å². The van der Waals surface area contributed by atoms with Crippen LogP contribution in [-0.2, 0) is 15.6 Å². The molecule has 2 N–H and O–H groups in total. The first-order valence-corrected chi connectivity index (χ1v) is 6.53. The number of carbonyl (C=O) groups is 1. The molecule has 0 aromatic heterocycles. The summed E-state index contributed by atoms with van der Waals surface area (Å²) in [5.74, 6) is -0.148. The first-order chi connectivity index (χ1) is 7.84. The van der Waals surface area contributed by atoms with Gasteiger partial charge in [0.15, 0.2) is 0 Å². The van der Waals surface area contributed by atoms with Gasteiger partial charge in [0, 0.05) is 24.7 Å². The molecule has 4 nitrogen and oxygen atoms in total. The van der Waals surface area contributed by atoms with E-state index in [0.29, 0.717) is 10.6 Å². The lowest BCUT2D eigenvalue weighted by Gasteiger charge is -2.17. The fourth-order valence-corrected chi connectivity index (χ4v) is 2.89. The van der Waals surface area contributed by atoms with Crippen LogP contribution in [0.1, 0.15) is 12.5 Å². The number of carbonyl (C=O) groups excluding carboxylic acids is 1. The Bertz CT molecular complexity index is 458. The number of nitrogens with zero attached hydrogens (tertiary/aromatic N) is 1. The number of nitrogen functional groups attached to an aromatic ring is 1. The van der Waals surface area contributed by atoms with E-state index in [1.807, 2.05) is 13.0 Å². The van der Waals surface area contributed by atoms with E-state index >= 15 is 0 Å². The Labute approximate surface area is 104 Å². The molecule has 1 amide bonds. The topological polar surface area (TPSA) is 63.4 Å². The molecule has 0 radical (unpaired) electrons. The number of rotatable bonds is 3. The van der Waals surface area contributed by atoms with Crippen LogP contribution in [0.15, 0.2) is 23.1 Å². The highest BCUT2D eigenvalue weighted by Gasteiger charge is 2.23. The Hall–Kier alpha value is -1.36. The lowest BCUT2D eigenvalue weighted by atomic mass is 10.2. The summed E-state index contributed by atoms with van der Waals surface area (Å²) in [5, 5.41) is -0.564. The van der Waals surface area contributed by atoms with E-state index in [1.165, 1.54) is 4.90 Å². The monoisotopic (exact) mass is 254 g/mol. The third-order valence-corrected chi connectivity index (χ3v) is 4.26. The average molecular weight is 254 g/mol. The van der Waals surface area contributed by atoms with Crippen molar-refractivity contribution in [3.8, 4) is 0 Å². The van der Waals surface area contributed by atoms with E-state index in [9.17, 15) is 9.00 Å². The summed E-state index contributed by atoms with van der Waals surface area (Å²) in [4.78, 5) is 13.8. The van der Waals surface area contributed by atoms with Crippen LogP contribution in [0.2, 0.25) is 0 Å². The Morgan fingerprint density at radius 1 is 1.41 bits per heavy atom. The normalized spacial score (nSPS) is 14.1. The van der Waals surface area contributed by atoms with Crippen LogP contribution in [0, 0.1) is 6.92 Å². The Morgan fingerprint density at radius 2 is 2.00 bits per heavy atom. The van der Waals surface area contributed by atoms with Gasteiger partial charge in [0.25, 0.3) is 0 Å². The number of anilines is 1. The van der Waals surface area contributed by atoms with Crippen LogP contribution in [0.5, 0.6) is 0 Å². The summed E-state index contributed by atoms with van der Waals surface area (Å²) < 4.78 is 12.3. The van der Waals surface area contributed by atoms with Crippen molar-refractivity contribution in [3.05, 3.63) is 23.8 Å². The molecule has 0 saturated heterocycles. The SMILES string of the molecule is Cc1ccc(N)cc1S(=O)C(C)C(=O)N(C)C. The fourth-order valence-electron chi connectivity index (χ4n) is 1.48. The van der Waals surface area contributed by atoms with E-state index in [2.05, 4.69) is 0 Å². The molecule has 94 valence electrons. The Balaban J connectivity index is 3.04. The predicted octanol–water partition coefficient (Wildman–Crippen LogP) is 1.16. The van der Waals surface area contributed by atoms with E-state index in [0.717, 1.165) is 5.56 Å². The van der Waals surface area contributed by atoms with Gasteiger partial charge in [-0.2, -0.15) is 0 Å². The summed E-state index contributed by atoms with van der Waals surface area (Å²) in [6.45, 7) is 3.53. The minimum Gasteiger partial charge on any atom is -0.399 e. The molecule has 2 atom stereocenters. The minimum atomic E-state index is -1.37. The number of nitrogens with two attached hydrogens (primary N) is 1. The first kappa shape index (κ1) is 13.7. The molecule has 0 saturated carbocycles. The van der Waals surface area contributed by atoms with Crippen LogP contribution >= 0.6 is 0 Å². The van der Waals surface area contributed by atoms with Gasteiger partial charge >= 0.3 is 0 Å². The molecule has 2 unspecified atom stereocenters. The van der Waals surface area contributed by atoms with Crippen molar-refractivity contribution >= 4 is 22.4 Å². The molecule has 0 aliphatic heterocycles. The summed E-state index contributed by atoms with van der Waals surface area (Å²) in [6, 6.07) is 5.24. The van der Waals surface area contributed by atoms with Crippen LogP contribution in [0.4, 0.5) is 5.69 Å². The molecule has 17 heavy (non-hydrogen) atoms. The third-order valence-electron chi connectivity index (χ3n) is 2.54. The Morgan fingerprint density at radius 3 is 2.53 bits per heavy atom. The van der Waals surface area contributed by atoms with Crippen LogP contribution < -0.4 is 5.73 Å². The molecule has 1 rings (SSSR count). The zero-order valence-corrected chi connectivity index (χ0v) is 11.4. The van der Waals surface area contributed by atoms with E-state index in [1.54, 1.807) is 33.2 Å². The molecule has 1 aromatic rings. The van der Waals surface area contributed by atoms with Gasteiger partial charge in [-0.1, -0.05) is 6.07 Å². The van der Waals surface area contributed by atoms with Gasteiger partial charge in [0.1, 0.15) is 5.25 Å². The summed E-state index contributed by atoms with van der Waals surface area (Å²) in [5.41, 5.74) is 7.12. The molecular formula is C12H18N2O2S. The first-order valence-electron chi connectivity index (χ1n) is 5.32. The molecule has 0 aliphatic rings. The van der Waals surface area contributed by atoms with Crippen molar-refractivity contribution in [1.82, 2.24) is 4.90 Å². The summed E-state index contributed by atoms with van der Waals surface area (Å²) in [7, 11) is 1.94. The highest BCUT2D eigenvalue weighted by molar-refractivity contribution is 7.86. The van der Waals surface area contributed by atoms with Gasteiger partial charge < -0.3 is 10.6 Å². The molecular weight excluding hydrogens is 236 g/mol. The molecule has 0 fully saturated rings. The minimum absolute atomic E-state index is 0.148. The van der Waals surface area contributed by atoms with Crippen LogP contribution in [-0.4, -0.2) is 34.4 Å². The van der Waals surface area contributed by atoms with Crippen molar-refractivity contribution in [3.63, 3.8) is 0 Å². The number of benzene rings is 1. The van der Waals surface area contributed by atoms with Crippen molar-refractivity contribution in [2.45, 2.75) is 24.0 Å². The zero-order chi connectivity index (χ0) is 13.2. The quantitative estimate of drug-likeness (QED) is 0.823. The standard InChI is InChI=1S/C12H18N2O2S/c1-8-5-6-10(13)7-11(8)17(16)9(2)12(15)14(3)4/h5-7,9H,13H2,1-4H3. The van der Waals surface area contributed by atoms with Crippen molar-refractivity contribution < 1.29 is 9.00 Å².